The smallest absolute Gasteiger partial charge is 0.305 e. The second-order valence-electron chi connectivity index (χ2n) is 24.9. The van der Waals surface area contributed by atoms with E-state index < -0.39 is 12.1 Å². The van der Waals surface area contributed by atoms with Gasteiger partial charge in [0.1, 0.15) is 0 Å². The predicted molar refractivity (Wildman–Crippen MR) is 347 cm³/mol. The summed E-state index contributed by atoms with van der Waals surface area (Å²) in [6.07, 6.45) is 86.9. The van der Waals surface area contributed by atoms with E-state index in [-0.39, 0.29) is 18.5 Å². The highest BCUT2D eigenvalue weighted by molar-refractivity contribution is 5.76. The fourth-order valence-electron chi connectivity index (χ4n) is 11.5. The van der Waals surface area contributed by atoms with Crippen LogP contribution < -0.4 is 5.32 Å². The van der Waals surface area contributed by atoms with Crippen LogP contribution in [-0.4, -0.2) is 47.4 Å². The zero-order valence-corrected chi connectivity index (χ0v) is 53.6. The van der Waals surface area contributed by atoms with Crippen molar-refractivity contribution in [1.82, 2.24) is 5.32 Å². The molecule has 468 valence electrons. The van der Waals surface area contributed by atoms with Gasteiger partial charge in [0, 0.05) is 12.8 Å². The molecule has 0 saturated heterocycles. The third-order valence-electron chi connectivity index (χ3n) is 17.0. The molecule has 6 nitrogen and oxygen atoms in total. The molecule has 2 atom stereocenters. The van der Waals surface area contributed by atoms with Crippen LogP contribution in [0.1, 0.15) is 406 Å². The summed E-state index contributed by atoms with van der Waals surface area (Å²) in [6.45, 7) is 4.95. The minimum absolute atomic E-state index is 0.0178. The Kier molecular flexibility index (Phi) is 67.4. The number of carbonyl (C=O) groups is 2. The molecule has 0 bridgehead atoms. The van der Waals surface area contributed by atoms with Crippen LogP contribution in [0.3, 0.4) is 0 Å². The molecule has 0 aromatic carbocycles. The number of aliphatic hydroxyl groups is 2. The molecule has 0 fully saturated rings. The van der Waals surface area contributed by atoms with Crippen molar-refractivity contribution < 1.29 is 24.5 Å². The summed E-state index contributed by atoms with van der Waals surface area (Å²) < 4.78 is 5.49. The van der Waals surface area contributed by atoms with E-state index in [9.17, 15) is 19.8 Å². The van der Waals surface area contributed by atoms with Gasteiger partial charge in [-0.3, -0.25) is 9.59 Å². The summed E-state index contributed by atoms with van der Waals surface area (Å²) in [5.41, 5.74) is 0. The Morgan fingerprint density at radius 2 is 0.595 bits per heavy atom. The lowest BCUT2D eigenvalue weighted by molar-refractivity contribution is -0.143. The number of carbonyl (C=O) groups excluding carboxylic acids is 2. The van der Waals surface area contributed by atoms with Crippen LogP contribution in [0.25, 0.3) is 0 Å². The molecular weight excluding hydrogens is 971 g/mol. The monoisotopic (exact) mass is 1110 g/mol. The summed E-state index contributed by atoms with van der Waals surface area (Å²) in [7, 11) is 0. The summed E-state index contributed by atoms with van der Waals surface area (Å²) >= 11 is 0. The second-order valence-corrected chi connectivity index (χ2v) is 24.9. The Labute approximate surface area is 494 Å². The van der Waals surface area contributed by atoms with Crippen molar-refractivity contribution in [2.45, 2.75) is 418 Å². The maximum atomic E-state index is 12.5. The van der Waals surface area contributed by atoms with Crippen LogP contribution in [0.5, 0.6) is 0 Å². The maximum Gasteiger partial charge on any atom is 0.305 e. The molecule has 0 aromatic rings. The van der Waals surface area contributed by atoms with Crippen LogP contribution in [-0.2, 0) is 14.3 Å². The minimum atomic E-state index is -0.845. The Hall–Kier alpha value is -1.66. The van der Waals surface area contributed by atoms with Crippen LogP contribution >= 0.6 is 0 Å². The van der Waals surface area contributed by atoms with Crippen molar-refractivity contribution in [3.8, 4) is 0 Å². The number of hydrogen-bond donors (Lipinski definition) is 3. The van der Waals surface area contributed by atoms with E-state index in [0.717, 1.165) is 38.5 Å². The summed E-state index contributed by atoms with van der Waals surface area (Å²) in [6, 6.07) is -0.629. The van der Waals surface area contributed by atoms with E-state index in [1.54, 1.807) is 6.08 Å². The van der Waals surface area contributed by atoms with Gasteiger partial charge in [-0.05, 0) is 57.8 Å². The van der Waals surface area contributed by atoms with Crippen LogP contribution in [0.15, 0.2) is 24.3 Å². The van der Waals surface area contributed by atoms with E-state index in [1.807, 2.05) is 6.08 Å². The molecule has 0 saturated carbocycles. The largest absolute Gasteiger partial charge is 0.466 e. The molecule has 0 aliphatic rings. The standard InChI is InChI=1S/C73H141NO5/c1-3-5-7-9-11-13-15-17-18-19-20-29-32-35-38-42-45-49-53-57-61-65-71(76)70(69-75)74-72(77)66-62-58-54-50-46-43-39-36-33-30-27-25-23-21-22-24-26-28-31-34-37-40-44-48-52-56-60-64-68-79-73(78)67-63-59-55-51-47-41-16-14-12-10-8-6-4-2/h21-22,61,65,70-71,75-76H,3-20,23-60,62-64,66-69H2,1-2H3,(H,74,77)/b22-21-,65-61+. The summed E-state index contributed by atoms with van der Waals surface area (Å²) in [5.74, 6) is -0.0459. The molecule has 6 heteroatoms. The van der Waals surface area contributed by atoms with Gasteiger partial charge >= 0.3 is 5.97 Å². The maximum absolute atomic E-state index is 12.5. The fourth-order valence-corrected chi connectivity index (χ4v) is 11.5. The van der Waals surface area contributed by atoms with Crippen molar-refractivity contribution in [1.29, 1.82) is 0 Å². The second kappa shape index (κ2) is 68.8. The molecule has 0 heterocycles. The normalized spacial score (nSPS) is 12.6. The molecule has 0 spiro atoms. The minimum Gasteiger partial charge on any atom is -0.466 e. The van der Waals surface area contributed by atoms with E-state index in [2.05, 4.69) is 31.3 Å². The van der Waals surface area contributed by atoms with E-state index in [4.69, 9.17) is 4.74 Å². The lowest BCUT2D eigenvalue weighted by atomic mass is 10.0. The molecule has 0 radical (unpaired) electrons. The Bertz CT molecular complexity index is 1230. The summed E-state index contributed by atoms with van der Waals surface area (Å²) in [4.78, 5) is 24.6. The third-order valence-corrected chi connectivity index (χ3v) is 17.0. The van der Waals surface area contributed by atoms with Crippen LogP contribution in [0.4, 0.5) is 0 Å². The number of aliphatic hydroxyl groups excluding tert-OH is 2. The van der Waals surface area contributed by atoms with Gasteiger partial charge in [0.15, 0.2) is 0 Å². The lowest BCUT2D eigenvalue weighted by Crippen LogP contribution is -2.45. The number of unbranched alkanes of at least 4 members (excludes halogenated alkanes) is 55. The SMILES string of the molecule is CCCCCCCCCCCCCCCCCCCCC/C=C/C(O)C(CO)NC(=O)CCCCCCCCCCCCCC/C=C\CCCCCCCCCCCCCCOC(=O)CCCCCCCCCCCCCCC. The van der Waals surface area contributed by atoms with E-state index >= 15 is 0 Å². The highest BCUT2D eigenvalue weighted by atomic mass is 16.5. The number of amides is 1. The molecule has 1 amide bonds. The Morgan fingerprint density at radius 3 is 0.899 bits per heavy atom. The molecule has 79 heavy (non-hydrogen) atoms. The van der Waals surface area contributed by atoms with Crippen molar-refractivity contribution in [3.05, 3.63) is 24.3 Å². The van der Waals surface area contributed by atoms with Gasteiger partial charge in [-0.25, -0.2) is 0 Å². The van der Waals surface area contributed by atoms with E-state index in [1.165, 1.54) is 340 Å². The first-order chi connectivity index (χ1) is 39.0. The van der Waals surface area contributed by atoms with Crippen molar-refractivity contribution in [2.24, 2.45) is 0 Å². The first kappa shape index (κ1) is 77.3. The number of allylic oxidation sites excluding steroid dienone is 3. The van der Waals surface area contributed by atoms with Gasteiger partial charge in [-0.2, -0.15) is 0 Å². The number of nitrogens with one attached hydrogen (secondary N) is 1. The highest BCUT2D eigenvalue weighted by Gasteiger charge is 2.18. The molecule has 0 aromatic heterocycles. The number of esters is 1. The zero-order chi connectivity index (χ0) is 57.1. The average Bonchev–Trinajstić information content (AvgIpc) is 3.45. The molecule has 0 rings (SSSR count). The van der Waals surface area contributed by atoms with Crippen LogP contribution in [0.2, 0.25) is 0 Å². The average molecular weight is 1110 g/mol. The van der Waals surface area contributed by atoms with Gasteiger partial charge < -0.3 is 20.3 Å². The van der Waals surface area contributed by atoms with Gasteiger partial charge in [-0.1, -0.05) is 359 Å². The van der Waals surface area contributed by atoms with Crippen LogP contribution in [0, 0.1) is 0 Å². The lowest BCUT2D eigenvalue weighted by Gasteiger charge is -2.20. The molecule has 3 N–H and O–H groups in total. The molecule has 0 aliphatic carbocycles. The summed E-state index contributed by atoms with van der Waals surface area (Å²) in [5, 5.41) is 23.3. The predicted octanol–water partition coefficient (Wildman–Crippen LogP) is 23.3. The van der Waals surface area contributed by atoms with Gasteiger partial charge in [0.25, 0.3) is 0 Å². The first-order valence-corrected chi connectivity index (χ1v) is 36.1. The van der Waals surface area contributed by atoms with Crippen molar-refractivity contribution >= 4 is 11.9 Å². The highest BCUT2D eigenvalue weighted by Crippen LogP contribution is 2.19. The zero-order valence-electron chi connectivity index (χ0n) is 53.6. The Morgan fingerprint density at radius 1 is 0.342 bits per heavy atom. The number of rotatable bonds is 68. The first-order valence-electron chi connectivity index (χ1n) is 36.1. The number of hydrogen-bond acceptors (Lipinski definition) is 5. The van der Waals surface area contributed by atoms with Gasteiger partial charge in [0.2, 0.25) is 5.91 Å². The molecule has 2 unspecified atom stereocenters. The Balaban J connectivity index is 3.40. The van der Waals surface area contributed by atoms with Crippen molar-refractivity contribution in [2.75, 3.05) is 13.2 Å². The van der Waals surface area contributed by atoms with Gasteiger partial charge in [0.05, 0.1) is 25.4 Å². The quantitative estimate of drug-likeness (QED) is 0.0320. The van der Waals surface area contributed by atoms with Gasteiger partial charge in [-0.15, -0.1) is 0 Å². The fraction of sp³-hybridized carbons (Fsp3) is 0.918. The molecule has 0 aliphatic heterocycles. The van der Waals surface area contributed by atoms with Crippen molar-refractivity contribution in [3.63, 3.8) is 0 Å². The third kappa shape index (κ3) is 65.4. The van der Waals surface area contributed by atoms with E-state index in [0.29, 0.717) is 19.4 Å². The number of ether oxygens (including phenoxy) is 1. The molecular formula is C73H141NO5. The topological polar surface area (TPSA) is 95.9 Å².